The summed E-state index contributed by atoms with van der Waals surface area (Å²) >= 11 is 0. The van der Waals surface area contributed by atoms with Gasteiger partial charge in [0, 0.05) is 5.70 Å². The molecule has 162 valence electrons. The minimum absolute atomic E-state index is 0.318. The smallest absolute Gasteiger partial charge is 0.338 e. The van der Waals surface area contributed by atoms with Crippen molar-refractivity contribution in [1.82, 2.24) is 9.55 Å². The number of ether oxygens (including phenoxy) is 2. The number of imidazole rings is 1. The molecule has 6 nitrogen and oxygen atoms in total. The largest absolute Gasteiger partial charge is 0.494 e. The van der Waals surface area contributed by atoms with Crippen molar-refractivity contribution in [2.45, 2.75) is 40.2 Å². The average Bonchev–Trinajstić information content (AvgIpc) is 3.10. The van der Waals surface area contributed by atoms with E-state index in [-0.39, 0.29) is 12.0 Å². The Kier molecular flexibility index (Phi) is 5.98. The van der Waals surface area contributed by atoms with E-state index in [4.69, 9.17) is 14.5 Å². The van der Waals surface area contributed by atoms with Gasteiger partial charge in [-0.1, -0.05) is 38.1 Å². The van der Waals surface area contributed by atoms with Gasteiger partial charge in [0.25, 0.3) is 0 Å². The summed E-state index contributed by atoms with van der Waals surface area (Å²) < 4.78 is 13.5. The van der Waals surface area contributed by atoms with Crippen LogP contribution in [-0.2, 0) is 9.53 Å². The van der Waals surface area contributed by atoms with Crippen LogP contribution in [-0.4, -0.2) is 28.7 Å². The molecule has 1 unspecified atom stereocenters. The summed E-state index contributed by atoms with van der Waals surface area (Å²) in [6.07, 6.45) is 0.987. The van der Waals surface area contributed by atoms with Gasteiger partial charge >= 0.3 is 5.97 Å². The molecule has 2 aromatic carbocycles. The Balaban J connectivity index is 1.82. The van der Waals surface area contributed by atoms with E-state index in [2.05, 4.69) is 23.7 Å². The van der Waals surface area contributed by atoms with Crippen molar-refractivity contribution in [2.75, 3.05) is 18.5 Å². The Hall–Kier alpha value is -3.28. The monoisotopic (exact) mass is 419 g/mol. The molecule has 2 heterocycles. The molecule has 3 aromatic rings. The van der Waals surface area contributed by atoms with Crippen LogP contribution in [0.5, 0.6) is 5.75 Å². The zero-order valence-electron chi connectivity index (χ0n) is 18.5. The van der Waals surface area contributed by atoms with Gasteiger partial charge in [-0.2, -0.15) is 0 Å². The Morgan fingerprint density at radius 3 is 2.77 bits per heavy atom. The van der Waals surface area contributed by atoms with E-state index in [9.17, 15) is 4.79 Å². The number of nitrogens with zero attached hydrogens (tertiary/aromatic N) is 2. The van der Waals surface area contributed by atoms with Crippen LogP contribution in [0.4, 0.5) is 5.95 Å². The van der Waals surface area contributed by atoms with E-state index < -0.39 is 0 Å². The Morgan fingerprint density at radius 1 is 1.19 bits per heavy atom. The number of esters is 1. The average molecular weight is 420 g/mol. The molecule has 0 amide bonds. The third-order valence-electron chi connectivity index (χ3n) is 5.46. The molecule has 0 fully saturated rings. The highest BCUT2D eigenvalue weighted by molar-refractivity contribution is 5.94. The lowest BCUT2D eigenvalue weighted by Crippen LogP contribution is -2.29. The molecular weight excluding hydrogens is 390 g/mol. The summed E-state index contributed by atoms with van der Waals surface area (Å²) in [5, 5.41) is 3.30. The summed E-state index contributed by atoms with van der Waals surface area (Å²) in [6.45, 7) is 9.05. The van der Waals surface area contributed by atoms with Crippen molar-refractivity contribution in [2.24, 2.45) is 5.92 Å². The van der Waals surface area contributed by atoms with Crippen molar-refractivity contribution < 1.29 is 14.3 Å². The highest BCUT2D eigenvalue weighted by Crippen LogP contribution is 2.40. The van der Waals surface area contributed by atoms with Gasteiger partial charge in [0.2, 0.25) is 5.95 Å². The van der Waals surface area contributed by atoms with Crippen LogP contribution in [0, 0.1) is 5.92 Å². The minimum atomic E-state index is -0.364. The molecule has 0 bridgehead atoms. The summed E-state index contributed by atoms with van der Waals surface area (Å²) in [5.41, 5.74) is 4.11. The fourth-order valence-electron chi connectivity index (χ4n) is 3.94. The molecule has 1 aromatic heterocycles. The number of hydrogen-bond acceptors (Lipinski definition) is 5. The zero-order valence-corrected chi connectivity index (χ0v) is 18.5. The molecular formula is C25H29N3O3. The van der Waals surface area contributed by atoms with Crippen molar-refractivity contribution >= 4 is 23.0 Å². The van der Waals surface area contributed by atoms with Crippen molar-refractivity contribution in [3.63, 3.8) is 0 Å². The SMILES string of the molecule is CCOC(=O)C1=C(C)Nc2nc3ccccc3n2C1c1cccc(OCCC(C)C)c1. The van der Waals surface area contributed by atoms with Crippen LogP contribution in [0.25, 0.3) is 11.0 Å². The zero-order chi connectivity index (χ0) is 22.0. The molecule has 1 aliphatic heterocycles. The van der Waals surface area contributed by atoms with Gasteiger partial charge in [0.1, 0.15) is 5.75 Å². The van der Waals surface area contributed by atoms with Gasteiger partial charge in [-0.3, -0.25) is 4.57 Å². The van der Waals surface area contributed by atoms with Gasteiger partial charge in [0.15, 0.2) is 0 Å². The van der Waals surface area contributed by atoms with Crippen LogP contribution in [0.2, 0.25) is 0 Å². The van der Waals surface area contributed by atoms with Crippen LogP contribution in [0.3, 0.4) is 0 Å². The second-order valence-corrected chi connectivity index (χ2v) is 8.18. The molecule has 1 aliphatic rings. The lowest BCUT2D eigenvalue weighted by Gasteiger charge is -2.30. The third kappa shape index (κ3) is 4.15. The van der Waals surface area contributed by atoms with Crippen LogP contribution >= 0.6 is 0 Å². The third-order valence-corrected chi connectivity index (χ3v) is 5.46. The fourth-order valence-corrected chi connectivity index (χ4v) is 3.94. The summed E-state index contributed by atoms with van der Waals surface area (Å²) in [7, 11) is 0. The molecule has 0 saturated carbocycles. The predicted octanol–water partition coefficient (Wildman–Crippen LogP) is 5.31. The van der Waals surface area contributed by atoms with Crippen LogP contribution < -0.4 is 10.1 Å². The van der Waals surface area contributed by atoms with Gasteiger partial charge < -0.3 is 14.8 Å². The first kappa shape index (κ1) is 21.0. The van der Waals surface area contributed by atoms with Gasteiger partial charge in [-0.15, -0.1) is 0 Å². The summed E-state index contributed by atoms with van der Waals surface area (Å²) in [5.74, 6) is 1.76. The summed E-state index contributed by atoms with van der Waals surface area (Å²) in [4.78, 5) is 17.8. The number of allylic oxidation sites excluding steroid dienone is 1. The number of carbonyl (C=O) groups excluding carboxylic acids is 1. The van der Waals surface area contributed by atoms with E-state index in [0.717, 1.165) is 34.5 Å². The molecule has 1 N–H and O–H groups in total. The number of carbonyl (C=O) groups is 1. The number of aromatic nitrogens is 2. The van der Waals surface area contributed by atoms with Crippen molar-refractivity contribution in [1.29, 1.82) is 0 Å². The number of para-hydroxylation sites is 2. The van der Waals surface area contributed by atoms with E-state index in [1.54, 1.807) is 0 Å². The standard InChI is InChI=1S/C25H29N3O3/c1-5-30-24(29)22-17(4)26-25-27-20-11-6-7-12-21(20)28(25)23(22)18-9-8-10-19(15-18)31-14-13-16(2)3/h6-12,15-16,23H,5,13-14H2,1-4H3,(H,26,27). The number of fused-ring (bicyclic) bond motifs is 3. The number of hydrogen-bond donors (Lipinski definition) is 1. The second-order valence-electron chi connectivity index (χ2n) is 8.18. The number of benzene rings is 2. The molecule has 4 rings (SSSR count). The molecule has 0 radical (unpaired) electrons. The topological polar surface area (TPSA) is 65.4 Å². The highest BCUT2D eigenvalue weighted by atomic mass is 16.5. The van der Waals surface area contributed by atoms with E-state index in [1.165, 1.54) is 0 Å². The quantitative estimate of drug-likeness (QED) is 0.526. The maximum Gasteiger partial charge on any atom is 0.338 e. The van der Waals surface area contributed by atoms with Gasteiger partial charge in [-0.25, -0.2) is 9.78 Å². The predicted molar refractivity (Wildman–Crippen MR) is 122 cm³/mol. The fraction of sp³-hybridized carbons (Fsp3) is 0.360. The van der Waals surface area contributed by atoms with Crippen LogP contribution in [0.15, 0.2) is 59.8 Å². The molecule has 0 spiro atoms. The van der Waals surface area contributed by atoms with Crippen molar-refractivity contribution in [3.05, 3.63) is 65.4 Å². The normalized spacial score (nSPS) is 15.7. The van der Waals surface area contributed by atoms with Crippen LogP contribution in [0.1, 0.15) is 45.7 Å². The highest BCUT2D eigenvalue weighted by Gasteiger charge is 2.35. The Bertz CT molecular complexity index is 1130. The lowest BCUT2D eigenvalue weighted by atomic mass is 9.95. The minimum Gasteiger partial charge on any atom is -0.494 e. The molecule has 0 aliphatic carbocycles. The molecule has 1 atom stereocenters. The Labute approximate surface area is 182 Å². The lowest BCUT2D eigenvalue weighted by molar-refractivity contribution is -0.139. The van der Waals surface area contributed by atoms with E-state index in [0.29, 0.717) is 30.7 Å². The first-order valence-corrected chi connectivity index (χ1v) is 10.8. The number of rotatable bonds is 7. The first-order valence-electron chi connectivity index (χ1n) is 10.8. The number of nitrogens with one attached hydrogen (secondary N) is 1. The molecule has 6 heteroatoms. The molecule has 31 heavy (non-hydrogen) atoms. The maximum absolute atomic E-state index is 13.0. The Morgan fingerprint density at radius 2 is 2.00 bits per heavy atom. The molecule has 0 saturated heterocycles. The van der Waals surface area contributed by atoms with Gasteiger partial charge in [-0.05, 0) is 56.0 Å². The van der Waals surface area contributed by atoms with Gasteiger partial charge in [0.05, 0.1) is 35.9 Å². The maximum atomic E-state index is 13.0. The first-order chi connectivity index (χ1) is 15.0. The van der Waals surface area contributed by atoms with E-state index >= 15 is 0 Å². The summed E-state index contributed by atoms with van der Waals surface area (Å²) in [6, 6.07) is 15.5. The van der Waals surface area contributed by atoms with E-state index in [1.807, 2.05) is 62.4 Å². The second kappa shape index (κ2) is 8.84. The number of anilines is 1. The van der Waals surface area contributed by atoms with Crippen molar-refractivity contribution in [3.8, 4) is 5.75 Å².